The minimum Gasteiger partial charge on any atom is -0.472 e. The fraction of sp³-hybridized carbons (Fsp3) is 0.769. The third kappa shape index (κ3) is 4.58. The molecule has 218 valence electrons. The molecule has 0 bridgehead atoms. The maximum absolute atomic E-state index is 13.3. The maximum Gasteiger partial charge on any atom is 0.339 e. The Morgan fingerprint density at radius 1 is 1.18 bits per heavy atom. The highest BCUT2D eigenvalue weighted by atomic mass is 16.7. The van der Waals surface area contributed by atoms with Gasteiger partial charge in [0.25, 0.3) is 0 Å². The van der Waals surface area contributed by atoms with E-state index in [-0.39, 0.29) is 25.7 Å². The van der Waals surface area contributed by atoms with Crippen LogP contribution in [-0.2, 0) is 28.5 Å². The quantitative estimate of drug-likeness (QED) is 0.239. The van der Waals surface area contributed by atoms with Gasteiger partial charge in [0.1, 0.15) is 36.6 Å². The summed E-state index contributed by atoms with van der Waals surface area (Å²) in [6.45, 7) is 2.27. The molecule has 4 aliphatic rings. The number of esters is 2. The van der Waals surface area contributed by atoms with Gasteiger partial charge in [0, 0.05) is 30.2 Å². The first-order chi connectivity index (χ1) is 18.4. The predicted molar refractivity (Wildman–Crippen MR) is 126 cm³/mol. The van der Waals surface area contributed by atoms with Crippen LogP contribution in [0.15, 0.2) is 23.0 Å². The van der Waals surface area contributed by atoms with Crippen molar-refractivity contribution in [2.24, 2.45) is 17.3 Å². The van der Waals surface area contributed by atoms with Crippen LogP contribution in [0.4, 0.5) is 0 Å². The van der Waals surface area contributed by atoms with Crippen LogP contribution in [0.3, 0.4) is 0 Å². The number of fused-ring (bicyclic) bond motifs is 3. The van der Waals surface area contributed by atoms with Gasteiger partial charge in [-0.3, -0.25) is 4.79 Å². The number of aliphatic hydroxyl groups excluding tert-OH is 5. The van der Waals surface area contributed by atoms with Crippen LogP contribution >= 0.6 is 0 Å². The molecule has 4 fully saturated rings. The van der Waals surface area contributed by atoms with Crippen molar-refractivity contribution in [1.29, 1.82) is 0 Å². The van der Waals surface area contributed by atoms with Crippen LogP contribution in [0.25, 0.3) is 0 Å². The highest BCUT2D eigenvalue weighted by Gasteiger charge is 2.70. The van der Waals surface area contributed by atoms with Crippen LogP contribution in [0.2, 0.25) is 0 Å². The Kier molecular flexibility index (Phi) is 7.57. The second-order valence-corrected chi connectivity index (χ2v) is 11.4. The summed E-state index contributed by atoms with van der Waals surface area (Å²) >= 11 is 0. The average molecular weight is 557 g/mol. The highest BCUT2D eigenvalue weighted by molar-refractivity contribution is 5.82. The van der Waals surface area contributed by atoms with Gasteiger partial charge in [-0.25, -0.2) is 4.79 Å². The van der Waals surface area contributed by atoms with Gasteiger partial charge in [0.2, 0.25) is 0 Å². The molecule has 2 saturated carbocycles. The third-order valence-corrected chi connectivity index (χ3v) is 9.24. The number of rotatable bonds is 5. The van der Waals surface area contributed by atoms with E-state index in [9.17, 15) is 40.2 Å². The monoisotopic (exact) mass is 556 g/mol. The first-order valence-electron chi connectivity index (χ1n) is 13.2. The van der Waals surface area contributed by atoms with Gasteiger partial charge >= 0.3 is 11.9 Å². The summed E-state index contributed by atoms with van der Waals surface area (Å²) in [6, 6.07) is 1.65. The van der Waals surface area contributed by atoms with Crippen LogP contribution in [-0.4, -0.2) is 104 Å². The molecule has 0 unspecified atom stereocenters. The van der Waals surface area contributed by atoms with E-state index >= 15 is 0 Å². The number of carbonyl (C=O) groups is 2. The van der Waals surface area contributed by atoms with Gasteiger partial charge in [0.05, 0.1) is 31.3 Å². The normalized spacial score (nSPS) is 48.0. The van der Waals surface area contributed by atoms with Crippen molar-refractivity contribution >= 4 is 11.9 Å². The number of carbonyl (C=O) groups excluding carboxylic acids is 2. The van der Waals surface area contributed by atoms with E-state index in [4.69, 9.17) is 23.4 Å². The molecule has 1 aromatic rings. The zero-order valence-electron chi connectivity index (χ0n) is 21.7. The first kappa shape index (κ1) is 28.4. The lowest BCUT2D eigenvalue weighted by atomic mass is 9.47. The van der Waals surface area contributed by atoms with Crippen molar-refractivity contribution in [3.05, 3.63) is 24.2 Å². The number of furan rings is 1. The number of ether oxygens (including phenoxy) is 4. The standard InChI is InChI=1S/C26H36O13/c1-11(28)36-22-14(29)7-15(37-23-21(32)20(31)19(30)17(9-27)38-23)13-3-5-26(34)24(33)39-16(12-4-6-35-10-12)8-25(26,2)18(13)22/h4,6,10,13-23,27,29-32,34H,3,5,7-9H2,1-2H3/t13-,14+,15-,16+,17-,18+,19-,20+,21-,22+,23-,25+,26-/m1/s1. The maximum atomic E-state index is 13.3. The Labute approximate surface area is 224 Å². The second-order valence-electron chi connectivity index (χ2n) is 11.4. The highest BCUT2D eigenvalue weighted by Crippen LogP contribution is 2.62. The molecule has 13 nitrogen and oxygen atoms in total. The van der Waals surface area contributed by atoms with Crippen molar-refractivity contribution in [3.63, 3.8) is 0 Å². The SMILES string of the molecule is CC(=O)O[C@@H]1[C@@H]2[C@H](CC[C@@]3(O)C(=O)O[C@H](c4ccoc4)C[C@@]23C)[C@H](O[C@@H]2O[C@H](CO)[C@@H](O)[C@H](O)[C@H]2O)C[C@@H]1O. The average Bonchev–Trinajstić information content (AvgIpc) is 3.42. The zero-order chi connectivity index (χ0) is 28.3. The molecule has 3 heterocycles. The van der Waals surface area contributed by atoms with E-state index < -0.39 is 96.5 Å². The van der Waals surface area contributed by atoms with E-state index in [1.165, 1.54) is 19.5 Å². The molecule has 1 aromatic heterocycles. The van der Waals surface area contributed by atoms with Gasteiger partial charge in [-0.15, -0.1) is 0 Å². The Morgan fingerprint density at radius 2 is 1.92 bits per heavy atom. The molecule has 39 heavy (non-hydrogen) atoms. The molecule has 0 radical (unpaired) electrons. The molecular formula is C26H36O13. The van der Waals surface area contributed by atoms with Gasteiger partial charge in [-0.2, -0.15) is 0 Å². The molecule has 2 saturated heterocycles. The summed E-state index contributed by atoms with van der Waals surface area (Å²) in [4.78, 5) is 25.4. The number of aliphatic hydroxyl groups is 6. The van der Waals surface area contributed by atoms with Crippen LogP contribution in [0, 0.1) is 17.3 Å². The first-order valence-corrected chi connectivity index (χ1v) is 13.2. The molecule has 0 spiro atoms. The fourth-order valence-corrected chi connectivity index (χ4v) is 7.19. The number of cyclic esters (lactones) is 1. The smallest absolute Gasteiger partial charge is 0.339 e. The summed E-state index contributed by atoms with van der Waals surface area (Å²) in [5, 5.41) is 63.5. The van der Waals surface area contributed by atoms with Crippen molar-refractivity contribution in [2.45, 2.75) is 100 Å². The van der Waals surface area contributed by atoms with Crippen molar-refractivity contribution in [2.75, 3.05) is 6.61 Å². The van der Waals surface area contributed by atoms with E-state index in [1.54, 1.807) is 13.0 Å². The molecular weight excluding hydrogens is 520 g/mol. The Hall–Kier alpha value is -2.10. The van der Waals surface area contributed by atoms with E-state index in [2.05, 4.69) is 0 Å². The fourth-order valence-electron chi connectivity index (χ4n) is 7.19. The second kappa shape index (κ2) is 10.4. The van der Waals surface area contributed by atoms with Crippen molar-refractivity contribution < 1.29 is 63.6 Å². The van der Waals surface area contributed by atoms with Gasteiger partial charge in [-0.05, 0) is 31.2 Å². The molecule has 13 heteroatoms. The summed E-state index contributed by atoms with van der Waals surface area (Å²) < 4.78 is 28.0. The van der Waals surface area contributed by atoms with Gasteiger partial charge in [0.15, 0.2) is 11.9 Å². The topological polar surface area (TPSA) is 206 Å². The minimum absolute atomic E-state index is 0.000957. The Bertz CT molecular complexity index is 1040. The number of hydrogen-bond donors (Lipinski definition) is 6. The van der Waals surface area contributed by atoms with Crippen LogP contribution in [0.5, 0.6) is 0 Å². The van der Waals surface area contributed by atoms with Crippen LogP contribution in [0.1, 0.15) is 51.2 Å². The summed E-state index contributed by atoms with van der Waals surface area (Å²) in [5.41, 5.74) is -2.62. The zero-order valence-corrected chi connectivity index (χ0v) is 21.7. The van der Waals surface area contributed by atoms with E-state index in [0.717, 1.165) is 0 Å². The lowest BCUT2D eigenvalue weighted by Crippen LogP contribution is -2.70. The molecule has 6 N–H and O–H groups in total. The van der Waals surface area contributed by atoms with Crippen LogP contribution < -0.4 is 0 Å². The molecule has 2 aliphatic heterocycles. The molecule has 0 aromatic carbocycles. The molecule has 5 rings (SSSR count). The van der Waals surface area contributed by atoms with Crippen molar-refractivity contribution in [3.8, 4) is 0 Å². The van der Waals surface area contributed by atoms with Gasteiger partial charge in [-0.1, -0.05) is 6.92 Å². The molecule has 13 atom stereocenters. The third-order valence-electron chi connectivity index (χ3n) is 9.24. The van der Waals surface area contributed by atoms with E-state index in [1.807, 2.05) is 0 Å². The number of hydrogen-bond acceptors (Lipinski definition) is 13. The lowest BCUT2D eigenvalue weighted by Gasteiger charge is -2.62. The summed E-state index contributed by atoms with van der Waals surface area (Å²) in [6.07, 6.45) is -8.29. The summed E-state index contributed by atoms with van der Waals surface area (Å²) in [7, 11) is 0. The molecule has 2 aliphatic carbocycles. The summed E-state index contributed by atoms with van der Waals surface area (Å²) in [5.74, 6) is -2.75. The minimum atomic E-state index is -1.95. The largest absolute Gasteiger partial charge is 0.472 e. The molecule has 0 amide bonds. The van der Waals surface area contributed by atoms with Crippen molar-refractivity contribution in [1.82, 2.24) is 0 Å². The Morgan fingerprint density at radius 3 is 2.56 bits per heavy atom. The predicted octanol–water partition coefficient (Wildman–Crippen LogP) is -1.09. The van der Waals surface area contributed by atoms with Gasteiger partial charge < -0.3 is 54.0 Å². The van der Waals surface area contributed by atoms with E-state index in [0.29, 0.717) is 5.56 Å². The lowest BCUT2D eigenvalue weighted by molar-refractivity contribution is -0.332. The Balaban J connectivity index is 1.50.